The molecule has 0 aliphatic rings. The zero-order valence-corrected chi connectivity index (χ0v) is 16.0. The van der Waals surface area contributed by atoms with E-state index in [2.05, 4.69) is 5.32 Å². The summed E-state index contributed by atoms with van der Waals surface area (Å²) >= 11 is 0. The minimum absolute atomic E-state index is 0.123. The van der Waals surface area contributed by atoms with Crippen LogP contribution in [0.5, 0.6) is 11.5 Å². The maximum Gasteiger partial charge on any atom is 0.228 e. The Bertz CT molecular complexity index is 731. The highest BCUT2D eigenvalue weighted by molar-refractivity contribution is 5.93. The van der Waals surface area contributed by atoms with E-state index in [0.717, 1.165) is 16.8 Å². The van der Waals surface area contributed by atoms with Crippen LogP contribution in [0.25, 0.3) is 0 Å². The highest BCUT2D eigenvalue weighted by atomic mass is 16.5. The second-order valence-electron chi connectivity index (χ2n) is 6.09. The molecular formula is C21H28N2O3. The minimum Gasteiger partial charge on any atom is -0.493 e. The first-order valence-electron chi connectivity index (χ1n) is 8.87. The summed E-state index contributed by atoms with van der Waals surface area (Å²) < 4.78 is 10.6. The van der Waals surface area contributed by atoms with Crippen LogP contribution in [0.3, 0.4) is 0 Å². The predicted octanol–water partition coefficient (Wildman–Crippen LogP) is 3.55. The van der Waals surface area contributed by atoms with Crippen molar-refractivity contribution in [3.8, 4) is 11.5 Å². The Morgan fingerprint density at radius 3 is 2.50 bits per heavy atom. The first-order chi connectivity index (χ1) is 12.6. The summed E-state index contributed by atoms with van der Waals surface area (Å²) in [6.07, 6.45) is 0.453. The van der Waals surface area contributed by atoms with Gasteiger partial charge in [-0.3, -0.25) is 4.79 Å². The SMILES string of the molecule is CCN(C(=O)CCNCc1ccc(OC)c(OC)c1)c1cccc(C)c1. The molecule has 0 fully saturated rings. The number of benzene rings is 2. The summed E-state index contributed by atoms with van der Waals surface area (Å²) in [6, 6.07) is 13.9. The van der Waals surface area contributed by atoms with Gasteiger partial charge in [0, 0.05) is 31.7 Å². The number of hydrogen-bond acceptors (Lipinski definition) is 4. The number of nitrogens with zero attached hydrogens (tertiary/aromatic N) is 1. The number of carbonyl (C=O) groups is 1. The molecular weight excluding hydrogens is 328 g/mol. The van der Waals surface area contributed by atoms with Crippen molar-refractivity contribution >= 4 is 11.6 Å². The highest BCUT2D eigenvalue weighted by Crippen LogP contribution is 2.27. The molecule has 2 rings (SSSR count). The number of nitrogens with one attached hydrogen (secondary N) is 1. The third-order valence-corrected chi connectivity index (χ3v) is 4.22. The molecule has 2 aromatic rings. The van der Waals surface area contributed by atoms with Gasteiger partial charge >= 0.3 is 0 Å². The number of ether oxygens (including phenoxy) is 2. The van der Waals surface area contributed by atoms with Crippen molar-refractivity contribution in [2.45, 2.75) is 26.8 Å². The Balaban J connectivity index is 1.86. The van der Waals surface area contributed by atoms with E-state index in [9.17, 15) is 4.79 Å². The van der Waals surface area contributed by atoms with Crippen LogP contribution >= 0.6 is 0 Å². The van der Waals surface area contributed by atoms with Crippen molar-refractivity contribution in [2.75, 3.05) is 32.2 Å². The van der Waals surface area contributed by atoms with Crippen LogP contribution in [-0.4, -0.2) is 33.2 Å². The number of amides is 1. The Labute approximate surface area is 155 Å². The lowest BCUT2D eigenvalue weighted by atomic mass is 10.2. The van der Waals surface area contributed by atoms with E-state index in [4.69, 9.17) is 9.47 Å². The van der Waals surface area contributed by atoms with E-state index in [1.165, 1.54) is 0 Å². The molecule has 0 heterocycles. The summed E-state index contributed by atoms with van der Waals surface area (Å²) in [7, 11) is 3.24. The van der Waals surface area contributed by atoms with Gasteiger partial charge in [0.05, 0.1) is 14.2 Å². The lowest BCUT2D eigenvalue weighted by Gasteiger charge is -2.21. The molecule has 5 heteroatoms. The molecule has 5 nitrogen and oxygen atoms in total. The largest absolute Gasteiger partial charge is 0.493 e. The molecule has 140 valence electrons. The molecule has 26 heavy (non-hydrogen) atoms. The molecule has 0 unspecified atom stereocenters. The van der Waals surface area contributed by atoms with E-state index >= 15 is 0 Å². The number of rotatable bonds is 9. The van der Waals surface area contributed by atoms with Gasteiger partial charge in [0.25, 0.3) is 0 Å². The fourth-order valence-corrected chi connectivity index (χ4v) is 2.85. The average Bonchev–Trinajstić information content (AvgIpc) is 2.65. The van der Waals surface area contributed by atoms with Gasteiger partial charge in [-0.05, 0) is 49.2 Å². The van der Waals surface area contributed by atoms with E-state index in [1.54, 1.807) is 14.2 Å². The number of anilines is 1. The zero-order valence-electron chi connectivity index (χ0n) is 16.0. The van der Waals surface area contributed by atoms with Crippen LogP contribution in [0.4, 0.5) is 5.69 Å². The molecule has 0 saturated carbocycles. The molecule has 1 N–H and O–H groups in total. The van der Waals surface area contributed by atoms with Crippen LogP contribution in [0.2, 0.25) is 0 Å². The van der Waals surface area contributed by atoms with Crippen molar-refractivity contribution in [2.24, 2.45) is 0 Å². The molecule has 0 radical (unpaired) electrons. The third kappa shape index (κ3) is 5.23. The lowest BCUT2D eigenvalue weighted by molar-refractivity contribution is -0.118. The second kappa shape index (κ2) is 9.82. The van der Waals surface area contributed by atoms with Crippen molar-refractivity contribution in [3.05, 3.63) is 53.6 Å². The fraction of sp³-hybridized carbons (Fsp3) is 0.381. The Kier molecular flexibility index (Phi) is 7.48. The first-order valence-corrected chi connectivity index (χ1v) is 8.87. The van der Waals surface area contributed by atoms with Crippen molar-refractivity contribution < 1.29 is 14.3 Å². The van der Waals surface area contributed by atoms with Gasteiger partial charge in [0.1, 0.15) is 0 Å². The maximum absolute atomic E-state index is 12.5. The van der Waals surface area contributed by atoms with Crippen molar-refractivity contribution in [1.82, 2.24) is 5.32 Å². The first kappa shape index (κ1) is 19.8. The highest BCUT2D eigenvalue weighted by Gasteiger charge is 2.13. The quantitative estimate of drug-likeness (QED) is 0.698. The molecule has 0 aliphatic carbocycles. The summed E-state index contributed by atoms with van der Waals surface area (Å²) in [5.41, 5.74) is 3.19. The molecule has 0 spiro atoms. The number of aryl methyl sites for hydroxylation is 1. The van der Waals surface area contributed by atoms with Crippen LogP contribution < -0.4 is 19.7 Å². The van der Waals surface area contributed by atoms with Crippen LogP contribution in [0, 0.1) is 6.92 Å². The van der Waals surface area contributed by atoms with Gasteiger partial charge in [-0.2, -0.15) is 0 Å². The van der Waals surface area contributed by atoms with Crippen molar-refractivity contribution in [3.63, 3.8) is 0 Å². The molecule has 0 bridgehead atoms. The molecule has 0 aliphatic heterocycles. The summed E-state index contributed by atoms with van der Waals surface area (Å²) in [5, 5.41) is 3.32. The van der Waals surface area contributed by atoms with Gasteiger partial charge in [-0.15, -0.1) is 0 Å². The molecule has 0 saturated heterocycles. The smallest absolute Gasteiger partial charge is 0.228 e. The minimum atomic E-state index is 0.123. The van der Waals surface area contributed by atoms with Gasteiger partial charge < -0.3 is 19.7 Å². The molecule has 0 aromatic heterocycles. The molecule has 2 aromatic carbocycles. The normalized spacial score (nSPS) is 10.5. The van der Waals surface area contributed by atoms with Gasteiger partial charge in [0.2, 0.25) is 5.91 Å². The summed E-state index contributed by atoms with van der Waals surface area (Å²) in [4.78, 5) is 14.4. The fourth-order valence-electron chi connectivity index (χ4n) is 2.85. The topological polar surface area (TPSA) is 50.8 Å². The number of methoxy groups -OCH3 is 2. The van der Waals surface area contributed by atoms with Crippen LogP contribution in [0.1, 0.15) is 24.5 Å². The third-order valence-electron chi connectivity index (χ3n) is 4.22. The van der Waals surface area contributed by atoms with Crippen molar-refractivity contribution in [1.29, 1.82) is 0 Å². The second-order valence-corrected chi connectivity index (χ2v) is 6.09. The Morgan fingerprint density at radius 2 is 1.85 bits per heavy atom. The van der Waals surface area contributed by atoms with Crippen LogP contribution in [-0.2, 0) is 11.3 Å². The monoisotopic (exact) mass is 356 g/mol. The van der Waals surface area contributed by atoms with Crippen LogP contribution in [0.15, 0.2) is 42.5 Å². The molecule has 1 amide bonds. The average molecular weight is 356 g/mol. The van der Waals surface area contributed by atoms with Gasteiger partial charge in [-0.1, -0.05) is 18.2 Å². The zero-order chi connectivity index (χ0) is 18.9. The summed E-state index contributed by atoms with van der Waals surface area (Å²) in [6.45, 7) is 5.99. The number of hydrogen-bond donors (Lipinski definition) is 1. The van der Waals surface area contributed by atoms with Gasteiger partial charge in [-0.25, -0.2) is 0 Å². The standard InChI is InChI=1S/C21H28N2O3/c1-5-23(18-8-6-7-16(2)13-18)21(24)11-12-22-15-17-9-10-19(25-3)20(14-17)26-4/h6-10,13-14,22H,5,11-12,15H2,1-4H3. The Hall–Kier alpha value is -2.53. The molecule has 0 atom stereocenters. The summed E-state index contributed by atoms with van der Waals surface area (Å²) in [5.74, 6) is 1.54. The Morgan fingerprint density at radius 1 is 1.08 bits per heavy atom. The van der Waals surface area contributed by atoms with E-state index in [0.29, 0.717) is 37.6 Å². The lowest BCUT2D eigenvalue weighted by Crippen LogP contribution is -2.33. The maximum atomic E-state index is 12.5. The predicted molar refractivity (Wildman–Crippen MR) is 105 cm³/mol. The van der Waals surface area contributed by atoms with E-state index < -0.39 is 0 Å². The van der Waals surface area contributed by atoms with E-state index in [1.807, 2.05) is 61.2 Å². The van der Waals surface area contributed by atoms with E-state index in [-0.39, 0.29) is 5.91 Å². The number of carbonyl (C=O) groups excluding carboxylic acids is 1. The van der Waals surface area contributed by atoms with Gasteiger partial charge in [0.15, 0.2) is 11.5 Å².